The minimum Gasteiger partial charge on any atom is -0.459 e. The third-order valence-corrected chi connectivity index (χ3v) is 9.89. The van der Waals surface area contributed by atoms with E-state index in [1.807, 2.05) is 0 Å². The molecular weight excluding hydrogens is 753 g/mol. The van der Waals surface area contributed by atoms with Crippen LogP contribution in [0.5, 0.6) is 0 Å². The molecule has 3 fully saturated rings. The smallest absolute Gasteiger partial charge is 0.337 e. The van der Waals surface area contributed by atoms with Crippen LogP contribution in [0.3, 0.4) is 0 Å². The summed E-state index contributed by atoms with van der Waals surface area (Å²) < 4.78 is 17.0. The SMILES string of the molecule is CC(=O)N[C@@H](C)[C@@H](O)C(=O)O[C@H]1C[C@@]2(O)[C@@H](OC(C)=O)[C@H]3[C@](C)(CC(=O)C(=C1C)C2(C)C)[C@@H](O)C[C@H]1OC[C@]13O.[Ac]. The first kappa shape index (κ1) is 34.6. The molecule has 4 aliphatic rings. The van der Waals surface area contributed by atoms with E-state index in [-0.39, 0.29) is 75.5 Å². The van der Waals surface area contributed by atoms with Crippen molar-refractivity contribution in [3.8, 4) is 0 Å². The summed E-state index contributed by atoms with van der Waals surface area (Å²) in [6.07, 6.45) is -6.79. The Bertz CT molecular complexity index is 1160. The summed E-state index contributed by atoms with van der Waals surface area (Å²) >= 11 is 0. The molecule has 0 aromatic rings. The second-order valence-corrected chi connectivity index (χ2v) is 12.8. The minimum absolute atomic E-state index is 0. The van der Waals surface area contributed by atoms with Crippen LogP contribution in [0.2, 0.25) is 0 Å². The van der Waals surface area contributed by atoms with Crippen molar-refractivity contribution in [1.29, 1.82) is 0 Å². The molecular formula is C28H41AcNO11. The molecule has 1 heterocycles. The molecule has 0 spiro atoms. The maximum absolute atomic E-state index is 14.0. The van der Waals surface area contributed by atoms with Crippen molar-refractivity contribution in [2.45, 2.75) is 115 Å². The van der Waals surface area contributed by atoms with Gasteiger partial charge in [-0.1, -0.05) is 20.8 Å². The Morgan fingerprint density at radius 1 is 1.12 bits per heavy atom. The molecule has 1 amide bonds. The molecule has 12 nitrogen and oxygen atoms in total. The minimum atomic E-state index is -2.07. The van der Waals surface area contributed by atoms with Crippen molar-refractivity contribution in [2.24, 2.45) is 16.7 Å². The molecule has 1 radical (unpaired) electrons. The van der Waals surface area contributed by atoms with E-state index in [1.165, 1.54) is 13.8 Å². The van der Waals surface area contributed by atoms with Gasteiger partial charge in [-0.3, -0.25) is 14.4 Å². The van der Waals surface area contributed by atoms with E-state index >= 15 is 0 Å². The molecule has 13 heteroatoms. The molecule has 2 bridgehead atoms. The maximum atomic E-state index is 14.0. The number of ketones is 1. The zero-order valence-electron chi connectivity index (χ0n) is 24.6. The van der Waals surface area contributed by atoms with Gasteiger partial charge in [-0.25, -0.2) is 4.79 Å². The molecule has 3 aliphatic carbocycles. The van der Waals surface area contributed by atoms with E-state index in [4.69, 9.17) is 14.2 Å². The van der Waals surface area contributed by atoms with Gasteiger partial charge in [0.2, 0.25) is 5.91 Å². The number of aliphatic hydroxyl groups excluding tert-OH is 2. The standard InChI is InChI=1S/C28H41NO11.Ac/c1-12-17(40-24(35)21(34)13(2)29-14(3)30)10-28(37)23(39-15(4)31)22-26(7,9-16(32)20(12)25(28,5)6)18(33)8-19-27(22,36)11-38-19;/h13,17-19,21-23,33-34,36-37H,8-11H2,1-7H3,(H,29,30);/t13-,17-,18-,19+,21+,22-,23-,26+,27-,28+;/m0./s1. The van der Waals surface area contributed by atoms with Gasteiger partial charge in [-0.15, -0.1) is 0 Å². The first-order valence-corrected chi connectivity index (χ1v) is 13.6. The zero-order chi connectivity index (χ0) is 30.2. The molecule has 2 saturated carbocycles. The molecule has 41 heavy (non-hydrogen) atoms. The molecule has 10 atom stereocenters. The van der Waals surface area contributed by atoms with Crippen molar-refractivity contribution >= 4 is 23.6 Å². The van der Waals surface area contributed by atoms with Crippen LogP contribution in [-0.2, 0) is 33.4 Å². The monoisotopic (exact) mass is 794 g/mol. The van der Waals surface area contributed by atoms with E-state index in [1.54, 1.807) is 27.7 Å². The van der Waals surface area contributed by atoms with Gasteiger partial charge in [0.25, 0.3) is 0 Å². The van der Waals surface area contributed by atoms with Crippen LogP contribution < -0.4 is 5.32 Å². The van der Waals surface area contributed by atoms with Crippen LogP contribution in [-0.4, -0.2) is 98.4 Å². The first-order chi connectivity index (χ1) is 18.3. The molecule has 1 aliphatic heterocycles. The van der Waals surface area contributed by atoms with Crippen LogP contribution >= 0.6 is 0 Å². The number of rotatable bonds is 5. The second-order valence-electron chi connectivity index (χ2n) is 12.8. The fraction of sp³-hybridized carbons (Fsp3) is 0.786. The predicted octanol–water partition coefficient (Wildman–Crippen LogP) is -0.317. The van der Waals surface area contributed by atoms with Crippen LogP contribution in [0.15, 0.2) is 11.1 Å². The number of Topliss-reactive ketones (excluding diaryl/α,β-unsaturated/α-hetero) is 1. The van der Waals surface area contributed by atoms with E-state index < -0.39 is 88.1 Å². The summed E-state index contributed by atoms with van der Waals surface area (Å²) in [5, 5.41) is 48.6. The maximum Gasteiger partial charge on any atom is 0.337 e. The average Bonchev–Trinajstić information content (AvgIpc) is 2.81. The molecule has 0 unspecified atom stereocenters. The number of fused-ring (bicyclic) bond motifs is 5. The van der Waals surface area contributed by atoms with E-state index in [0.717, 1.165) is 6.92 Å². The van der Waals surface area contributed by atoms with Gasteiger partial charge < -0.3 is 40.0 Å². The number of hydrogen-bond donors (Lipinski definition) is 5. The number of aliphatic hydroxyl groups is 4. The number of amides is 1. The summed E-state index contributed by atoms with van der Waals surface area (Å²) in [6, 6.07) is -0.976. The van der Waals surface area contributed by atoms with Crippen LogP contribution in [0.1, 0.15) is 67.7 Å². The topological polar surface area (TPSA) is 189 Å². The van der Waals surface area contributed by atoms with Crippen LogP contribution in [0.4, 0.5) is 0 Å². The summed E-state index contributed by atoms with van der Waals surface area (Å²) in [5.41, 5.74) is -5.81. The third kappa shape index (κ3) is 5.36. The molecule has 5 N–H and O–H groups in total. The quantitative estimate of drug-likeness (QED) is 0.230. The van der Waals surface area contributed by atoms with E-state index in [9.17, 15) is 39.6 Å². The molecule has 1 saturated heterocycles. The van der Waals surface area contributed by atoms with Gasteiger partial charge in [0, 0.05) is 99.5 Å². The van der Waals surface area contributed by atoms with Crippen molar-refractivity contribution in [3.63, 3.8) is 0 Å². The Balaban J connectivity index is 0.00000462. The Hall–Kier alpha value is -0.938. The number of esters is 2. The molecule has 0 aromatic carbocycles. The summed E-state index contributed by atoms with van der Waals surface area (Å²) in [7, 11) is 0. The predicted molar refractivity (Wildman–Crippen MR) is 137 cm³/mol. The van der Waals surface area contributed by atoms with Crippen molar-refractivity contribution < 1.29 is 97.9 Å². The largest absolute Gasteiger partial charge is 0.459 e. The average molecular weight is 795 g/mol. The normalized spacial score (nSPS) is 40.7. The summed E-state index contributed by atoms with van der Waals surface area (Å²) in [6.45, 7) is 10.2. The fourth-order valence-electron chi connectivity index (χ4n) is 7.62. The first-order valence-electron chi connectivity index (χ1n) is 13.6. The van der Waals surface area contributed by atoms with Gasteiger partial charge in [0.15, 0.2) is 11.9 Å². The van der Waals surface area contributed by atoms with Crippen LogP contribution in [0.25, 0.3) is 0 Å². The van der Waals surface area contributed by atoms with Gasteiger partial charge in [-0.05, 0) is 19.4 Å². The van der Waals surface area contributed by atoms with Crippen molar-refractivity contribution in [2.75, 3.05) is 6.61 Å². The number of ether oxygens (including phenoxy) is 3. The van der Waals surface area contributed by atoms with Crippen molar-refractivity contribution in [3.05, 3.63) is 11.1 Å². The number of nitrogens with one attached hydrogen (secondary N) is 1. The summed E-state index contributed by atoms with van der Waals surface area (Å²) in [5.74, 6) is -3.81. The Morgan fingerprint density at radius 2 is 1.73 bits per heavy atom. The summed E-state index contributed by atoms with van der Waals surface area (Å²) in [4.78, 5) is 50.9. The molecule has 4 rings (SSSR count). The number of carbonyl (C=O) groups excluding carboxylic acids is 4. The van der Waals surface area contributed by atoms with E-state index in [0.29, 0.717) is 5.57 Å². The van der Waals surface area contributed by atoms with E-state index in [2.05, 4.69) is 5.32 Å². The van der Waals surface area contributed by atoms with Gasteiger partial charge in [0.1, 0.15) is 23.4 Å². The molecule has 0 aromatic heterocycles. The molecule has 227 valence electrons. The third-order valence-electron chi connectivity index (χ3n) is 9.89. The fourth-order valence-corrected chi connectivity index (χ4v) is 7.62. The Labute approximate surface area is 275 Å². The Kier molecular flexibility index (Phi) is 9.71. The van der Waals surface area contributed by atoms with Gasteiger partial charge in [-0.2, -0.15) is 0 Å². The number of hydrogen-bond acceptors (Lipinski definition) is 11. The second kappa shape index (κ2) is 11.5. The van der Waals surface area contributed by atoms with Gasteiger partial charge >= 0.3 is 11.9 Å². The number of carbonyl (C=O) groups is 4. The van der Waals surface area contributed by atoms with Gasteiger partial charge in [0.05, 0.1) is 24.9 Å². The van der Waals surface area contributed by atoms with Crippen LogP contribution in [0, 0.1) is 60.8 Å². The Morgan fingerprint density at radius 3 is 2.24 bits per heavy atom. The zero-order valence-corrected chi connectivity index (χ0v) is 29.3. The van der Waals surface area contributed by atoms with Crippen molar-refractivity contribution in [1.82, 2.24) is 5.32 Å².